The maximum Gasteiger partial charge on any atom is 0.246 e. The van der Waals surface area contributed by atoms with Gasteiger partial charge in [0.25, 0.3) is 0 Å². The Bertz CT molecular complexity index is 1250. The van der Waals surface area contributed by atoms with Crippen molar-refractivity contribution in [3.05, 3.63) is 89.9 Å². The maximum absolute atomic E-state index is 14.8. The summed E-state index contributed by atoms with van der Waals surface area (Å²) in [5.41, 5.74) is 3.25. The van der Waals surface area contributed by atoms with Crippen molar-refractivity contribution in [1.29, 1.82) is 5.41 Å². The van der Waals surface area contributed by atoms with Crippen molar-refractivity contribution in [1.82, 2.24) is 25.3 Å². The van der Waals surface area contributed by atoms with Crippen LogP contribution in [0, 0.1) is 5.41 Å². The molecule has 36 heavy (non-hydrogen) atoms. The molecule has 1 aliphatic rings. The topological polar surface area (TPSA) is 110 Å². The van der Waals surface area contributed by atoms with Crippen molar-refractivity contribution in [3.8, 4) is 11.3 Å². The molecule has 0 amide bonds. The van der Waals surface area contributed by atoms with Gasteiger partial charge in [-0.15, -0.1) is 5.10 Å². The zero-order chi connectivity index (χ0) is 25.3. The lowest BCUT2D eigenvalue weighted by Crippen LogP contribution is -2.21. The first kappa shape index (κ1) is 25.1. The highest BCUT2D eigenvalue weighted by Gasteiger charge is 2.28. The number of aromatic nitrogens is 4. The van der Waals surface area contributed by atoms with Crippen LogP contribution in [0.3, 0.4) is 0 Å². The third-order valence-corrected chi connectivity index (χ3v) is 5.62. The molecule has 2 unspecified atom stereocenters. The van der Waals surface area contributed by atoms with E-state index < -0.39 is 12.2 Å². The molecule has 2 atom stereocenters. The number of hydrogen-bond donors (Lipinski definition) is 2. The molecule has 9 nitrogen and oxygen atoms in total. The monoisotopic (exact) mass is 489 g/mol. The van der Waals surface area contributed by atoms with Crippen LogP contribution in [0.25, 0.3) is 11.3 Å². The average molecular weight is 490 g/mol. The SMILES string of the molecule is COCCNCc1ccc(C(=N)N=C(OC)c2nnn(C3C=CC=CC3F)c2-c2ccncc2)cc1. The summed E-state index contributed by atoms with van der Waals surface area (Å²) in [6.07, 6.45) is 8.64. The van der Waals surface area contributed by atoms with Gasteiger partial charge in [-0.1, -0.05) is 47.7 Å². The van der Waals surface area contributed by atoms with Gasteiger partial charge in [0.1, 0.15) is 17.9 Å². The van der Waals surface area contributed by atoms with Crippen LogP contribution in [0.1, 0.15) is 22.9 Å². The summed E-state index contributed by atoms with van der Waals surface area (Å²) >= 11 is 0. The van der Waals surface area contributed by atoms with Gasteiger partial charge in [-0.05, 0) is 23.8 Å². The van der Waals surface area contributed by atoms with Gasteiger partial charge in [0.2, 0.25) is 5.90 Å². The number of rotatable bonds is 9. The second-order valence-corrected chi connectivity index (χ2v) is 8.01. The number of nitrogens with one attached hydrogen (secondary N) is 2. The van der Waals surface area contributed by atoms with E-state index in [2.05, 4.69) is 25.6 Å². The highest BCUT2D eigenvalue weighted by molar-refractivity contribution is 6.09. The van der Waals surface area contributed by atoms with Crippen molar-refractivity contribution in [2.45, 2.75) is 18.8 Å². The lowest BCUT2D eigenvalue weighted by atomic mass is 10.1. The smallest absolute Gasteiger partial charge is 0.246 e. The Morgan fingerprint density at radius 3 is 2.56 bits per heavy atom. The highest BCUT2D eigenvalue weighted by Crippen LogP contribution is 2.30. The number of nitrogens with zero attached hydrogens (tertiary/aromatic N) is 5. The van der Waals surface area contributed by atoms with Crippen LogP contribution in [0.4, 0.5) is 4.39 Å². The number of hydrogen-bond acceptors (Lipinski definition) is 7. The normalized spacial score (nSPS) is 17.4. The van der Waals surface area contributed by atoms with E-state index in [1.165, 1.54) is 17.9 Å². The molecular weight excluding hydrogens is 461 g/mol. The number of halogens is 1. The second-order valence-electron chi connectivity index (χ2n) is 8.01. The first-order valence-corrected chi connectivity index (χ1v) is 11.5. The third-order valence-electron chi connectivity index (χ3n) is 5.62. The van der Waals surface area contributed by atoms with E-state index in [0.717, 1.165) is 17.7 Å². The highest BCUT2D eigenvalue weighted by atomic mass is 19.1. The summed E-state index contributed by atoms with van der Waals surface area (Å²) < 4.78 is 26.9. The molecule has 0 aliphatic heterocycles. The fourth-order valence-electron chi connectivity index (χ4n) is 3.76. The molecule has 186 valence electrons. The molecule has 0 fully saturated rings. The van der Waals surface area contributed by atoms with Gasteiger partial charge < -0.3 is 14.8 Å². The summed E-state index contributed by atoms with van der Waals surface area (Å²) in [6, 6.07) is 10.4. The standard InChI is InChI=1S/C26H28FN7O2/c1-35-16-15-30-17-18-7-9-20(10-8-18)25(28)31-26(36-2)23-24(19-11-13-29-14-12-19)34(33-32-23)22-6-4-3-5-21(22)27/h3-14,21-22,28,30H,15-17H2,1-2H3. The first-order chi connectivity index (χ1) is 17.6. The fraction of sp³-hybridized carbons (Fsp3) is 0.269. The fourth-order valence-corrected chi connectivity index (χ4v) is 3.76. The quantitative estimate of drug-likeness (QED) is 0.270. The van der Waals surface area contributed by atoms with Crippen LogP contribution in [-0.4, -0.2) is 65.3 Å². The predicted molar refractivity (Wildman–Crippen MR) is 136 cm³/mol. The number of ether oxygens (including phenoxy) is 2. The number of aliphatic imine (C=N–C) groups is 1. The number of amidine groups is 1. The maximum atomic E-state index is 14.8. The Morgan fingerprint density at radius 1 is 1.11 bits per heavy atom. The lowest BCUT2D eigenvalue weighted by molar-refractivity contribution is 0.199. The molecule has 0 bridgehead atoms. The van der Waals surface area contributed by atoms with Gasteiger partial charge in [0.05, 0.1) is 13.7 Å². The Balaban J connectivity index is 1.63. The van der Waals surface area contributed by atoms with E-state index >= 15 is 0 Å². The van der Waals surface area contributed by atoms with Crippen LogP contribution in [0.5, 0.6) is 0 Å². The van der Waals surface area contributed by atoms with Crippen LogP contribution in [0.2, 0.25) is 0 Å². The van der Waals surface area contributed by atoms with E-state index in [1.54, 1.807) is 49.9 Å². The van der Waals surface area contributed by atoms with Crippen molar-refractivity contribution in [2.75, 3.05) is 27.4 Å². The molecule has 0 radical (unpaired) electrons. The van der Waals surface area contributed by atoms with Crippen LogP contribution in [0.15, 0.2) is 78.1 Å². The zero-order valence-corrected chi connectivity index (χ0v) is 20.1. The molecule has 0 spiro atoms. The molecule has 1 aliphatic carbocycles. The lowest BCUT2D eigenvalue weighted by Gasteiger charge is -2.20. The molecule has 10 heteroatoms. The minimum atomic E-state index is -1.27. The molecule has 4 rings (SSSR count). The summed E-state index contributed by atoms with van der Waals surface area (Å²) in [5, 5.41) is 20.3. The molecule has 2 aromatic heterocycles. The summed E-state index contributed by atoms with van der Waals surface area (Å²) in [4.78, 5) is 8.48. The Kier molecular flexibility index (Phi) is 8.43. The minimum absolute atomic E-state index is 0.00448. The van der Waals surface area contributed by atoms with Crippen molar-refractivity contribution >= 4 is 11.7 Å². The Hall–Kier alpha value is -4.02. The van der Waals surface area contributed by atoms with Gasteiger partial charge in [0.15, 0.2) is 11.5 Å². The molecule has 0 saturated carbocycles. The minimum Gasteiger partial charge on any atom is -0.479 e. The zero-order valence-electron chi connectivity index (χ0n) is 20.1. The number of benzene rings is 1. The number of allylic oxidation sites excluding steroid dienone is 4. The summed E-state index contributed by atoms with van der Waals surface area (Å²) in [7, 11) is 3.12. The van der Waals surface area contributed by atoms with Crippen LogP contribution >= 0.6 is 0 Å². The van der Waals surface area contributed by atoms with E-state index in [9.17, 15) is 4.39 Å². The van der Waals surface area contributed by atoms with E-state index in [0.29, 0.717) is 30.1 Å². The van der Waals surface area contributed by atoms with Crippen LogP contribution in [-0.2, 0) is 16.0 Å². The van der Waals surface area contributed by atoms with Crippen molar-refractivity contribution in [2.24, 2.45) is 4.99 Å². The van der Waals surface area contributed by atoms with Gasteiger partial charge in [-0.25, -0.2) is 9.07 Å². The predicted octanol–water partition coefficient (Wildman–Crippen LogP) is 3.50. The van der Waals surface area contributed by atoms with Gasteiger partial charge in [0, 0.05) is 43.7 Å². The average Bonchev–Trinajstić information content (AvgIpc) is 3.35. The molecule has 0 saturated heterocycles. The molecule has 2 N–H and O–H groups in total. The third kappa shape index (κ3) is 5.78. The first-order valence-electron chi connectivity index (χ1n) is 11.5. The molecular formula is C26H28FN7O2. The summed E-state index contributed by atoms with van der Waals surface area (Å²) in [5.74, 6) is 0.110. The molecule has 2 heterocycles. The molecule has 1 aromatic carbocycles. The van der Waals surface area contributed by atoms with Gasteiger partial charge in [-0.2, -0.15) is 4.99 Å². The summed E-state index contributed by atoms with van der Waals surface area (Å²) in [6.45, 7) is 2.09. The number of alkyl halides is 1. The van der Waals surface area contributed by atoms with Gasteiger partial charge in [-0.3, -0.25) is 10.4 Å². The Labute approximate surface area is 208 Å². The van der Waals surface area contributed by atoms with Crippen molar-refractivity contribution < 1.29 is 13.9 Å². The number of methoxy groups -OCH3 is 2. The second kappa shape index (κ2) is 12.1. The van der Waals surface area contributed by atoms with Crippen molar-refractivity contribution in [3.63, 3.8) is 0 Å². The number of pyridine rings is 1. The van der Waals surface area contributed by atoms with E-state index in [4.69, 9.17) is 14.9 Å². The van der Waals surface area contributed by atoms with E-state index in [-0.39, 0.29) is 11.7 Å². The molecule has 3 aromatic rings. The largest absolute Gasteiger partial charge is 0.479 e. The Morgan fingerprint density at radius 2 is 1.86 bits per heavy atom. The van der Waals surface area contributed by atoms with Gasteiger partial charge >= 0.3 is 0 Å². The van der Waals surface area contributed by atoms with Crippen LogP contribution < -0.4 is 5.32 Å². The van der Waals surface area contributed by atoms with E-state index in [1.807, 2.05) is 24.3 Å².